The van der Waals surface area contributed by atoms with Gasteiger partial charge in [-0.3, -0.25) is 4.79 Å². The summed E-state index contributed by atoms with van der Waals surface area (Å²) < 4.78 is 0. The number of nitrogens with one attached hydrogen (secondary N) is 1. The van der Waals surface area contributed by atoms with Crippen molar-refractivity contribution in [3.05, 3.63) is 60.8 Å². The molecule has 0 heterocycles. The van der Waals surface area contributed by atoms with Crippen LogP contribution >= 0.6 is 0 Å². The van der Waals surface area contributed by atoms with E-state index < -0.39 is 18.2 Å². The average Bonchev–Trinajstić information content (AvgIpc) is 3.14. The highest BCUT2D eigenvalue weighted by Gasteiger charge is 2.20. The molecule has 3 atom stereocenters. The molecule has 0 aromatic carbocycles. The topological polar surface area (TPSA) is 89.8 Å². The maximum Gasteiger partial charge on any atom is 0.222 e. The Labute approximate surface area is 322 Å². The van der Waals surface area contributed by atoms with Crippen LogP contribution < -0.4 is 5.32 Å². The van der Waals surface area contributed by atoms with Gasteiger partial charge in [-0.05, 0) is 70.6 Å². The number of carbonyl (C=O) groups excluding carboxylic acids is 1. The molecule has 0 aliphatic carbocycles. The maximum atomic E-state index is 12.4. The molecular formula is C47H85NO4. The second kappa shape index (κ2) is 41.8. The van der Waals surface area contributed by atoms with E-state index in [0.717, 1.165) is 64.2 Å². The summed E-state index contributed by atoms with van der Waals surface area (Å²) in [5.41, 5.74) is 0. The van der Waals surface area contributed by atoms with Crippen LogP contribution in [0.2, 0.25) is 0 Å². The van der Waals surface area contributed by atoms with E-state index in [1.165, 1.54) is 116 Å². The number of rotatable bonds is 39. The third kappa shape index (κ3) is 37.8. The minimum absolute atomic E-state index is 0.0142. The Balaban J connectivity index is 3.76. The Morgan fingerprint density at radius 1 is 0.500 bits per heavy atom. The van der Waals surface area contributed by atoms with Gasteiger partial charge in [-0.1, -0.05) is 190 Å². The van der Waals surface area contributed by atoms with Crippen molar-refractivity contribution < 1.29 is 20.1 Å². The number of aliphatic hydroxyl groups excluding tert-OH is 3. The van der Waals surface area contributed by atoms with Gasteiger partial charge in [-0.25, -0.2) is 0 Å². The lowest BCUT2D eigenvalue weighted by Gasteiger charge is -2.20. The molecule has 1 amide bonds. The van der Waals surface area contributed by atoms with E-state index >= 15 is 0 Å². The first-order valence-electron chi connectivity index (χ1n) is 22.1. The standard InChI is InChI=1S/C47H85NO4/c1-3-5-7-9-11-13-15-17-18-19-20-21-22-23-24-25-26-27-29-31-33-35-37-39-41-46(51)45(43-49)48-47(52)42-44(50)40-38-36-34-32-30-28-16-14-12-10-8-6-4-2/h12,14,16,25-26,28,31,33,39,41,44-46,49-51H,3-11,13,15,17-24,27,29-30,32,34-38,40,42-43H2,1-2H3,(H,48,52)/b14-12-,26-25+,28-16-,33-31+,41-39+. The number of carbonyl (C=O) groups is 1. The molecule has 0 aromatic rings. The predicted molar refractivity (Wildman–Crippen MR) is 227 cm³/mol. The Hall–Kier alpha value is -1.95. The van der Waals surface area contributed by atoms with Crippen molar-refractivity contribution in [3.8, 4) is 0 Å². The molecular weight excluding hydrogens is 643 g/mol. The van der Waals surface area contributed by atoms with Crippen LogP contribution in [0.4, 0.5) is 0 Å². The van der Waals surface area contributed by atoms with Gasteiger partial charge >= 0.3 is 0 Å². The highest BCUT2D eigenvalue weighted by atomic mass is 16.3. The molecule has 0 saturated carbocycles. The molecule has 302 valence electrons. The van der Waals surface area contributed by atoms with Gasteiger partial charge in [0.25, 0.3) is 0 Å². The molecule has 4 N–H and O–H groups in total. The number of hydrogen-bond donors (Lipinski definition) is 4. The summed E-state index contributed by atoms with van der Waals surface area (Å²) in [7, 11) is 0. The van der Waals surface area contributed by atoms with Crippen LogP contribution in [0.25, 0.3) is 0 Å². The molecule has 0 bridgehead atoms. The molecule has 0 aliphatic heterocycles. The zero-order valence-electron chi connectivity index (χ0n) is 34.2. The molecule has 0 radical (unpaired) electrons. The highest BCUT2D eigenvalue weighted by Crippen LogP contribution is 2.14. The van der Waals surface area contributed by atoms with Crippen LogP contribution in [-0.2, 0) is 4.79 Å². The molecule has 52 heavy (non-hydrogen) atoms. The largest absolute Gasteiger partial charge is 0.394 e. The van der Waals surface area contributed by atoms with Crippen LogP contribution in [0.15, 0.2) is 60.8 Å². The van der Waals surface area contributed by atoms with Gasteiger partial charge in [0, 0.05) is 0 Å². The third-order valence-corrected chi connectivity index (χ3v) is 9.78. The summed E-state index contributed by atoms with van der Waals surface area (Å²) in [6.07, 6.45) is 55.1. The summed E-state index contributed by atoms with van der Waals surface area (Å²) in [6, 6.07) is -0.776. The van der Waals surface area contributed by atoms with Crippen LogP contribution in [-0.4, -0.2) is 46.1 Å². The predicted octanol–water partition coefficient (Wildman–Crippen LogP) is 12.7. The third-order valence-electron chi connectivity index (χ3n) is 9.78. The van der Waals surface area contributed by atoms with Crippen LogP contribution in [0.3, 0.4) is 0 Å². The molecule has 0 saturated heterocycles. The molecule has 0 spiro atoms. The van der Waals surface area contributed by atoms with E-state index in [4.69, 9.17) is 0 Å². The summed E-state index contributed by atoms with van der Waals surface area (Å²) in [4.78, 5) is 12.4. The summed E-state index contributed by atoms with van der Waals surface area (Å²) in [6.45, 7) is 4.15. The number of hydrogen-bond acceptors (Lipinski definition) is 4. The van der Waals surface area contributed by atoms with Crippen molar-refractivity contribution in [2.24, 2.45) is 0 Å². The lowest BCUT2D eigenvalue weighted by atomic mass is 10.0. The summed E-state index contributed by atoms with van der Waals surface area (Å²) >= 11 is 0. The molecule has 0 aromatic heterocycles. The van der Waals surface area contributed by atoms with Crippen LogP contribution in [0, 0.1) is 0 Å². The monoisotopic (exact) mass is 728 g/mol. The molecule has 3 unspecified atom stereocenters. The van der Waals surface area contributed by atoms with E-state index in [2.05, 4.69) is 67.8 Å². The fourth-order valence-corrected chi connectivity index (χ4v) is 6.36. The number of amides is 1. The van der Waals surface area contributed by atoms with Crippen molar-refractivity contribution in [1.29, 1.82) is 0 Å². The van der Waals surface area contributed by atoms with Crippen LogP contribution in [0.5, 0.6) is 0 Å². The number of unbranched alkanes of at least 4 members (excludes halogenated alkanes) is 23. The van der Waals surface area contributed by atoms with Gasteiger partial charge in [0.15, 0.2) is 0 Å². The average molecular weight is 728 g/mol. The minimum Gasteiger partial charge on any atom is -0.394 e. The summed E-state index contributed by atoms with van der Waals surface area (Å²) in [5, 5.41) is 33.1. The Morgan fingerprint density at radius 2 is 0.885 bits per heavy atom. The van der Waals surface area contributed by atoms with E-state index in [1.807, 2.05) is 6.08 Å². The first kappa shape index (κ1) is 50.1. The smallest absolute Gasteiger partial charge is 0.222 e. The van der Waals surface area contributed by atoms with Gasteiger partial charge in [0.05, 0.1) is 31.3 Å². The van der Waals surface area contributed by atoms with Crippen molar-refractivity contribution in [2.75, 3.05) is 6.61 Å². The lowest BCUT2D eigenvalue weighted by molar-refractivity contribution is -0.124. The van der Waals surface area contributed by atoms with Gasteiger partial charge < -0.3 is 20.6 Å². The SMILES string of the molecule is CCCCC/C=C\C=C/CCCCCCC(O)CC(=O)NC(CO)C(O)/C=C/CC/C=C/CC/C=C/CCCCCCCCCCCCCCCC. The van der Waals surface area contributed by atoms with Gasteiger partial charge in [-0.2, -0.15) is 0 Å². The van der Waals surface area contributed by atoms with Gasteiger partial charge in [0.1, 0.15) is 0 Å². The fourth-order valence-electron chi connectivity index (χ4n) is 6.36. The second-order valence-electron chi connectivity index (χ2n) is 15.0. The highest BCUT2D eigenvalue weighted by molar-refractivity contribution is 5.76. The molecule has 0 rings (SSSR count). The van der Waals surface area contributed by atoms with E-state index in [0.29, 0.717) is 6.42 Å². The number of aliphatic hydroxyl groups is 3. The quantitative estimate of drug-likeness (QED) is 0.0288. The van der Waals surface area contributed by atoms with E-state index in [-0.39, 0.29) is 18.9 Å². The normalized spacial score (nSPS) is 14.2. The Kier molecular flexibility index (Phi) is 40.2. The van der Waals surface area contributed by atoms with Crippen molar-refractivity contribution in [3.63, 3.8) is 0 Å². The van der Waals surface area contributed by atoms with Crippen LogP contribution in [0.1, 0.15) is 206 Å². The molecule has 0 aliphatic rings. The van der Waals surface area contributed by atoms with Crippen molar-refractivity contribution >= 4 is 5.91 Å². The van der Waals surface area contributed by atoms with E-state index in [9.17, 15) is 20.1 Å². The van der Waals surface area contributed by atoms with Crippen molar-refractivity contribution in [2.45, 2.75) is 225 Å². The maximum absolute atomic E-state index is 12.4. The van der Waals surface area contributed by atoms with Crippen molar-refractivity contribution in [1.82, 2.24) is 5.32 Å². The molecule has 5 heteroatoms. The Bertz CT molecular complexity index is 892. The Morgan fingerprint density at radius 3 is 1.38 bits per heavy atom. The zero-order chi connectivity index (χ0) is 38.0. The first-order chi connectivity index (χ1) is 25.5. The minimum atomic E-state index is -0.967. The zero-order valence-corrected chi connectivity index (χ0v) is 34.2. The summed E-state index contributed by atoms with van der Waals surface area (Å²) in [5.74, 6) is -0.344. The second-order valence-corrected chi connectivity index (χ2v) is 15.0. The number of allylic oxidation sites excluding steroid dienone is 9. The first-order valence-corrected chi connectivity index (χ1v) is 22.1. The van der Waals surface area contributed by atoms with E-state index in [1.54, 1.807) is 6.08 Å². The lowest BCUT2D eigenvalue weighted by Crippen LogP contribution is -2.45. The van der Waals surface area contributed by atoms with Gasteiger partial charge in [-0.15, -0.1) is 0 Å². The molecule has 0 fully saturated rings. The molecule has 5 nitrogen and oxygen atoms in total. The fraction of sp³-hybridized carbons (Fsp3) is 0.766. The van der Waals surface area contributed by atoms with Gasteiger partial charge in [0.2, 0.25) is 5.91 Å².